The maximum absolute atomic E-state index is 10.8. The minimum Gasteiger partial charge on any atom is -0.382 e. The summed E-state index contributed by atoms with van der Waals surface area (Å²) in [6.07, 6.45) is 0.0786. The molecule has 5 N–H and O–H groups in total. The molecule has 0 bridgehead atoms. The summed E-state index contributed by atoms with van der Waals surface area (Å²) < 4.78 is 0. The molecule has 0 aromatic rings. The molecule has 0 heterocycles. The molecule has 0 saturated carbocycles. The minimum absolute atomic E-state index is 0.562. The molecule has 6 heteroatoms. The van der Waals surface area contributed by atoms with Gasteiger partial charge in [0.25, 0.3) is 5.91 Å². The molecule has 2 unspecified atom stereocenters. The van der Waals surface area contributed by atoms with E-state index in [2.05, 4.69) is 5.22 Å². The standard InChI is InChI=1S/C6H14N4O2/c1-2-3-4(7)5(11)6(12)9-10-8/h4-5,11H,2-3,7H2,1H3,(H2,8,9,12). The largest absolute Gasteiger partial charge is 0.382 e. The zero-order valence-corrected chi connectivity index (χ0v) is 6.95. The SMILES string of the molecule is CCCC(N)C(O)C(=O)NN=N. The second kappa shape index (κ2) is 5.62. The summed E-state index contributed by atoms with van der Waals surface area (Å²) in [5.41, 5.74) is 13.6. The summed E-state index contributed by atoms with van der Waals surface area (Å²) in [4.78, 5) is 10.8. The van der Waals surface area contributed by atoms with Gasteiger partial charge in [-0.25, -0.2) is 5.43 Å². The molecule has 0 radical (unpaired) electrons. The van der Waals surface area contributed by atoms with Crippen molar-refractivity contribution >= 4 is 5.91 Å². The number of nitrogens with one attached hydrogen (secondary N) is 2. The van der Waals surface area contributed by atoms with Crippen LogP contribution in [0, 0.1) is 5.53 Å². The molecule has 70 valence electrons. The number of rotatable bonds is 5. The maximum atomic E-state index is 10.8. The van der Waals surface area contributed by atoms with Crippen LogP contribution in [0.5, 0.6) is 0 Å². The van der Waals surface area contributed by atoms with E-state index in [1.54, 1.807) is 0 Å². The number of amides is 1. The monoisotopic (exact) mass is 174 g/mol. The predicted octanol–water partition coefficient (Wildman–Crippen LogP) is -0.463. The van der Waals surface area contributed by atoms with Crippen molar-refractivity contribution in [3.05, 3.63) is 0 Å². The van der Waals surface area contributed by atoms with Crippen molar-refractivity contribution in [1.29, 1.82) is 5.53 Å². The number of hydrogen-bond donors (Lipinski definition) is 4. The Labute approximate surface area is 70.6 Å². The van der Waals surface area contributed by atoms with E-state index in [-0.39, 0.29) is 0 Å². The summed E-state index contributed by atoms with van der Waals surface area (Å²) in [5.74, 6) is -0.731. The first kappa shape index (κ1) is 11.0. The Hall–Kier alpha value is -1.01. The summed E-state index contributed by atoms with van der Waals surface area (Å²) >= 11 is 0. The van der Waals surface area contributed by atoms with Gasteiger partial charge in [-0.1, -0.05) is 18.6 Å². The topological polar surface area (TPSA) is 112 Å². The van der Waals surface area contributed by atoms with E-state index in [9.17, 15) is 4.79 Å². The van der Waals surface area contributed by atoms with Crippen LogP contribution >= 0.6 is 0 Å². The zero-order valence-electron chi connectivity index (χ0n) is 6.95. The molecular formula is C6H14N4O2. The van der Waals surface area contributed by atoms with E-state index in [0.29, 0.717) is 6.42 Å². The minimum atomic E-state index is -1.28. The van der Waals surface area contributed by atoms with Crippen LogP contribution in [-0.2, 0) is 4.79 Å². The van der Waals surface area contributed by atoms with E-state index in [1.165, 1.54) is 0 Å². The fourth-order valence-electron chi connectivity index (χ4n) is 0.807. The van der Waals surface area contributed by atoms with Crippen molar-refractivity contribution in [3.8, 4) is 0 Å². The summed E-state index contributed by atoms with van der Waals surface area (Å²) in [6, 6.07) is -0.586. The van der Waals surface area contributed by atoms with Gasteiger partial charge in [-0.15, -0.1) is 0 Å². The molecule has 0 aromatic carbocycles. The van der Waals surface area contributed by atoms with Crippen LogP contribution in [-0.4, -0.2) is 23.2 Å². The average Bonchev–Trinajstić information content (AvgIpc) is 2.04. The summed E-state index contributed by atoms with van der Waals surface area (Å²) in [5, 5.41) is 11.8. The van der Waals surface area contributed by atoms with Crippen LogP contribution in [0.1, 0.15) is 19.8 Å². The lowest BCUT2D eigenvalue weighted by molar-refractivity contribution is -0.130. The van der Waals surface area contributed by atoms with E-state index < -0.39 is 18.1 Å². The number of aliphatic hydroxyl groups excluding tert-OH is 1. The molecule has 12 heavy (non-hydrogen) atoms. The smallest absolute Gasteiger partial charge is 0.271 e. The normalized spacial score (nSPS) is 14.9. The lowest BCUT2D eigenvalue weighted by Crippen LogP contribution is -2.44. The molecule has 0 aliphatic carbocycles. The van der Waals surface area contributed by atoms with Gasteiger partial charge in [0.1, 0.15) is 6.10 Å². The highest BCUT2D eigenvalue weighted by Gasteiger charge is 2.21. The van der Waals surface area contributed by atoms with Crippen LogP contribution < -0.4 is 11.2 Å². The van der Waals surface area contributed by atoms with Crippen molar-refractivity contribution in [3.63, 3.8) is 0 Å². The third kappa shape index (κ3) is 3.40. The number of aliphatic hydroxyl groups is 1. The average molecular weight is 174 g/mol. The summed E-state index contributed by atoms with van der Waals surface area (Å²) in [6.45, 7) is 1.90. The van der Waals surface area contributed by atoms with Crippen LogP contribution in [0.25, 0.3) is 0 Å². The Bertz CT molecular complexity index is 162. The second-order valence-corrected chi connectivity index (χ2v) is 2.49. The fraction of sp³-hybridized carbons (Fsp3) is 0.833. The summed E-state index contributed by atoms with van der Waals surface area (Å²) in [7, 11) is 0. The van der Waals surface area contributed by atoms with Gasteiger partial charge in [0.15, 0.2) is 0 Å². The highest BCUT2D eigenvalue weighted by molar-refractivity contribution is 5.80. The molecule has 0 aliphatic rings. The first-order chi connectivity index (χ1) is 5.63. The van der Waals surface area contributed by atoms with Crippen LogP contribution in [0.4, 0.5) is 0 Å². The van der Waals surface area contributed by atoms with Gasteiger partial charge >= 0.3 is 0 Å². The van der Waals surface area contributed by atoms with Gasteiger partial charge < -0.3 is 10.8 Å². The Balaban J connectivity index is 3.90. The van der Waals surface area contributed by atoms with Crippen LogP contribution in [0.3, 0.4) is 0 Å². The molecule has 0 spiro atoms. The first-order valence-electron chi connectivity index (χ1n) is 3.73. The molecule has 0 aliphatic heterocycles. The maximum Gasteiger partial charge on any atom is 0.271 e. The van der Waals surface area contributed by atoms with Gasteiger partial charge in [0, 0.05) is 6.04 Å². The van der Waals surface area contributed by atoms with Crippen molar-refractivity contribution in [2.75, 3.05) is 0 Å². The Kier molecular flexibility index (Phi) is 5.14. The van der Waals surface area contributed by atoms with E-state index in [4.69, 9.17) is 16.4 Å². The van der Waals surface area contributed by atoms with E-state index >= 15 is 0 Å². The van der Waals surface area contributed by atoms with Crippen LogP contribution in [0.15, 0.2) is 5.22 Å². The molecule has 0 saturated heterocycles. The zero-order chi connectivity index (χ0) is 9.56. The van der Waals surface area contributed by atoms with Gasteiger partial charge in [-0.05, 0) is 6.42 Å². The van der Waals surface area contributed by atoms with E-state index in [1.807, 2.05) is 12.3 Å². The van der Waals surface area contributed by atoms with Crippen molar-refractivity contribution in [2.24, 2.45) is 11.0 Å². The number of nitrogens with zero attached hydrogens (tertiary/aromatic N) is 1. The van der Waals surface area contributed by atoms with Crippen molar-refractivity contribution in [1.82, 2.24) is 5.43 Å². The van der Waals surface area contributed by atoms with Crippen molar-refractivity contribution < 1.29 is 9.90 Å². The van der Waals surface area contributed by atoms with Gasteiger partial charge in [0.05, 0.1) is 0 Å². The fourth-order valence-corrected chi connectivity index (χ4v) is 0.807. The molecular weight excluding hydrogens is 160 g/mol. The van der Waals surface area contributed by atoms with E-state index in [0.717, 1.165) is 6.42 Å². The number of hydrogen-bond acceptors (Lipinski definition) is 5. The van der Waals surface area contributed by atoms with Crippen molar-refractivity contribution in [2.45, 2.75) is 31.9 Å². The second-order valence-electron chi connectivity index (χ2n) is 2.49. The van der Waals surface area contributed by atoms with Gasteiger partial charge in [-0.2, -0.15) is 5.53 Å². The molecule has 0 rings (SSSR count). The first-order valence-corrected chi connectivity index (χ1v) is 3.73. The predicted molar refractivity (Wildman–Crippen MR) is 42.2 cm³/mol. The molecule has 0 fully saturated rings. The lowest BCUT2D eigenvalue weighted by Gasteiger charge is -2.15. The third-order valence-electron chi connectivity index (χ3n) is 1.46. The Morgan fingerprint density at radius 1 is 1.83 bits per heavy atom. The molecule has 2 atom stereocenters. The number of carbonyl (C=O) groups is 1. The van der Waals surface area contributed by atoms with Gasteiger partial charge in [-0.3, -0.25) is 4.79 Å². The number of nitrogens with two attached hydrogens (primary N) is 1. The molecule has 6 nitrogen and oxygen atoms in total. The molecule has 0 aromatic heterocycles. The highest BCUT2D eigenvalue weighted by atomic mass is 16.3. The third-order valence-corrected chi connectivity index (χ3v) is 1.46. The van der Waals surface area contributed by atoms with Gasteiger partial charge in [0.2, 0.25) is 0 Å². The lowest BCUT2D eigenvalue weighted by atomic mass is 10.1. The van der Waals surface area contributed by atoms with Crippen LogP contribution in [0.2, 0.25) is 0 Å². The Morgan fingerprint density at radius 3 is 2.83 bits per heavy atom. The number of carbonyl (C=O) groups excluding carboxylic acids is 1. The molecule has 1 amide bonds. The quantitative estimate of drug-likeness (QED) is 0.334. The Morgan fingerprint density at radius 2 is 2.42 bits per heavy atom. The highest BCUT2D eigenvalue weighted by Crippen LogP contribution is 1.99.